The zero-order valence-electron chi connectivity index (χ0n) is 9.33. The summed E-state index contributed by atoms with van der Waals surface area (Å²) in [5.41, 5.74) is 1.19. The van der Waals surface area contributed by atoms with Gasteiger partial charge in [0.2, 0.25) is 0 Å². The van der Waals surface area contributed by atoms with Gasteiger partial charge in [-0.1, -0.05) is 30.3 Å². The Balaban J connectivity index is 2.20. The molecule has 0 bridgehead atoms. The van der Waals surface area contributed by atoms with Crippen molar-refractivity contribution in [2.75, 3.05) is 13.2 Å². The van der Waals surface area contributed by atoms with Crippen molar-refractivity contribution in [1.82, 2.24) is 0 Å². The third kappa shape index (κ3) is 5.42. The molecular weight excluding hydrogens is 227 g/mol. The van der Waals surface area contributed by atoms with Crippen LogP contribution in [0.1, 0.15) is 18.9 Å². The third-order valence-electron chi connectivity index (χ3n) is 2.00. The lowest BCUT2D eigenvalue weighted by Gasteiger charge is -2.10. The Morgan fingerprint density at radius 2 is 1.94 bits per heavy atom. The topological polar surface area (TPSA) is 55.8 Å². The molecule has 1 aromatic carbocycles. The Morgan fingerprint density at radius 1 is 1.25 bits per heavy atom. The summed E-state index contributed by atoms with van der Waals surface area (Å²) in [5, 5.41) is 0. The minimum absolute atomic E-state index is 0.173. The third-order valence-corrected chi connectivity index (χ3v) is 3.09. The van der Waals surface area contributed by atoms with E-state index in [1.807, 2.05) is 30.3 Å². The first-order chi connectivity index (χ1) is 7.64. The molecule has 1 rings (SSSR count). The predicted molar refractivity (Wildman–Crippen MR) is 62.2 cm³/mol. The van der Waals surface area contributed by atoms with Gasteiger partial charge in [0.1, 0.15) is 0 Å². The van der Waals surface area contributed by atoms with E-state index >= 15 is 0 Å². The van der Waals surface area contributed by atoms with Gasteiger partial charge in [-0.3, -0.25) is 9.05 Å². The van der Waals surface area contributed by atoms with Gasteiger partial charge in [-0.05, 0) is 25.3 Å². The second kappa shape index (κ2) is 6.81. The zero-order chi connectivity index (χ0) is 11.9. The van der Waals surface area contributed by atoms with Crippen molar-refractivity contribution < 1.29 is 18.5 Å². The standard InChI is InChI=1S/C11H17O4P/c1-2-14-16(12,13)15-10-6-9-11-7-4-3-5-8-11/h3-5,7-8H,2,6,9-10H2,1H3,(H,12,13). The molecule has 5 heteroatoms. The fraction of sp³-hybridized carbons (Fsp3) is 0.455. The lowest BCUT2D eigenvalue weighted by molar-refractivity contribution is 0.154. The van der Waals surface area contributed by atoms with Crippen molar-refractivity contribution in [1.29, 1.82) is 0 Å². The van der Waals surface area contributed by atoms with Crippen LogP contribution in [-0.4, -0.2) is 18.1 Å². The largest absolute Gasteiger partial charge is 0.472 e. The number of phosphoric acid groups is 1. The van der Waals surface area contributed by atoms with Crippen molar-refractivity contribution in [3.63, 3.8) is 0 Å². The van der Waals surface area contributed by atoms with Crippen LogP contribution in [0.2, 0.25) is 0 Å². The fourth-order valence-electron chi connectivity index (χ4n) is 1.30. The Hall–Kier alpha value is -0.670. The van der Waals surface area contributed by atoms with Crippen molar-refractivity contribution in [2.24, 2.45) is 0 Å². The lowest BCUT2D eigenvalue weighted by atomic mass is 10.1. The molecular formula is C11H17O4P. The van der Waals surface area contributed by atoms with Crippen molar-refractivity contribution in [3.8, 4) is 0 Å². The van der Waals surface area contributed by atoms with E-state index < -0.39 is 7.82 Å². The fourth-order valence-corrected chi connectivity index (χ4v) is 2.06. The summed E-state index contributed by atoms with van der Waals surface area (Å²) >= 11 is 0. The summed E-state index contributed by atoms with van der Waals surface area (Å²) in [6, 6.07) is 9.92. The number of aryl methyl sites for hydroxylation is 1. The first-order valence-electron chi connectivity index (χ1n) is 5.30. The van der Waals surface area contributed by atoms with Crippen LogP contribution in [0, 0.1) is 0 Å². The molecule has 0 amide bonds. The maximum absolute atomic E-state index is 11.1. The summed E-state index contributed by atoms with van der Waals surface area (Å²) in [6.07, 6.45) is 1.52. The first kappa shape index (κ1) is 13.4. The Morgan fingerprint density at radius 3 is 2.56 bits per heavy atom. The van der Waals surface area contributed by atoms with E-state index in [1.165, 1.54) is 5.56 Å². The van der Waals surface area contributed by atoms with Gasteiger partial charge in [0, 0.05) is 0 Å². The van der Waals surface area contributed by atoms with Crippen molar-refractivity contribution in [2.45, 2.75) is 19.8 Å². The van der Waals surface area contributed by atoms with E-state index in [9.17, 15) is 4.57 Å². The van der Waals surface area contributed by atoms with Crippen LogP contribution < -0.4 is 0 Å². The summed E-state index contributed by atoms with van der Waals surface area (Å²) in [4.78, 5) is 9.12. The van der Waals surface area contributed by atoms with E-state index in [0.717, 1.165) is 6.42 Å². The van der Waals surface area contributed by atoms with Crippen LogP contribution in [0.25, 0.3) is 0 Å². The molecule has 1 unspecified atom stereocenters. The second-order valence-corrected chi connectivity index (χ2v) is 4.76. The molecule has 1 N–H and O–H groups in total. The van der Waals surface area contributed by atoms with E-state index in [2.05, 4.69) is 4.52 Å². The van der Waals surface area contributed by atoms with Crippen molar-refractivity contribution >= 4 is 7.82 Å². The molecule has 16 heavy (non-hydrogen) atoms. The van der Waals surface area contributed by atoms with E-state index in [0.29, 0.717) is 6.42 Å². The van der Waals surface area contributed by atoms with Gasteiger partial charge in [-0.25, -0.2) is 4.57 Å². The molecule has 0 heterocycles. The highest BCUT2D eigenvalue weighted by Crippen LogP contribution is 2.42. The molecule has 0 aromatic heterocycles. The number of phosphoric ester groups is 1. The summed E-state index contributed by atoms with van der Waals surface area (Å²) in [5.74, 6) is 0. The average Bonchev–Trinajstić information content (AvgIpc) is 2.26. The van der Waals surface area contributed by atoms with Gasteiger partial charge < -0.3 is 4.89 Å². The first-order valence-corrected chi connectivity index (χ1v) is 6.79. The van der Waals surface area contributed by atoms with Crippen LogP contribution >= 0.6 is 7.82 Å². The minimum Gasteiger partial charge on any atom is -0.302 e. The molecule has 1 aromatic rings. The highest BCUT2D eigenvalue weighted by molar-refractivity contribution is 7.47. The van der Waals surface area contributed by atoms with E-state index in [1.54, 1.807) is 6.92 Å². The van der Waals surface area contributed by atoms with E-state index in [4.69, 9.17) is 9.42 Å². The molecule has 0 aliphatic carbocycles. The highest BCUT2D eigenvalue weighted by Gasteiger charge is 2.18. The summed E-state index contributed by atoms with van der Waals surface area (Å²) in [6.45, 7) is 2.05. The lowest BCUT2D eigenvalue weighted by Crippen LogP contribution is -1.98. The number of hydrogen-bond acceptors (Lipinski definition) is 3. The van der Waals surface area contributed by atoms with Gasteiger partial charge in [0.15, 0.2) is 0 Å². The number of benzene rings is 1. The predicted octanol–water partition coefficient (Wildman–Crippen LogP) is 2.77. The molecule has 0 spiro atoms. The molecule has 0 fully saturated rings. The molecule has 0 aliphatic rings. The number of rotatable bonds is 7. The molecule has 90 valence electrons. The highest BCUT2D eigenvalue weighted by atomic mass is 31.2. The summed E-state index contributed by atoms with van der Waals surface area (Å²) < 4.78 is 20.5. The Bertz CT molecular complexity index is 339. The van der Waals surface area contributed by atoms with Gasteiger partial charge in [-0.2, -0.15) is 0 Å². The number of hydrogen-bond donors (Lipinski definition) is 1. The minimum atomic E-state index is -3.81. The van der Waals surface area contributed by atoms with Gasteiger partial charge in [0.25, 0.3) is 0 Å². The molecule has 4 nitrogen and oxygen atoms in total. The summed E-state index contributed by atoms with van der Waals surface area (Å²) in [7, 11) is -3.81. The zero-order valence-corrected chi connectivity index (χ0v) is 10.2. The van der Waals surface area contributed by atoms with Crippen LogP contribution in [0.4, 0.5) is 0 Å². The van der Waals surface area contributed by atoms with Gasteiger partial charge in [0.05, 0.1) is 13.2 Å². The van der Waals surface area contributed by atoms with Crippen LogP contribution in [0.3, 0.4) is 0 Å². The normalized spacial score (nSPS) is 14.6. The van der Waals surface area contributed by atoms with Crippen molar-refractivity contribution in [3.05, 3.63) is 35.9 Å². The molecule has 0 radical (unpaired) electrons. The SMILES string of the molecule is CCOP(=O)(O)OCCCc1ccccc1. The van der Waals surface area contributed by atoms with Crippen LogP contribution in [-0.2, 0) is 20.0 Å². The molecule has 0 saturated heterocycles. The molecule has 1 atom stereocenters. The average molecular weight is 244 g/mol. The maximum Gasteiger partial charge on any atom is 0.472 e. The smallest absolute Gasteiger partial charge is 0.302 e. The van der Waals surface area contributed by atoms with E-state index in [-0.39, 0.29) is 13.2 Å². The molecule has 0 aliphatic heterocycles. The van der Waals surface area contributed by atoms with Gasteiger partial charge >= 0.3 is 7.82 Å². The monoisotopic (exact) mass is 244 g/mol. The second-order valence-electron chi connectivity index (χ2n) is 3.31. The van der Waals surface area contributed by atoms with Crippen LogP contribution in [0.5, 0.6) is 0 Å². The van der Waals surface area contributed by atoms with Crippen LogP contribution in [0.15, 0.2) is 30.3 Å². The van der Waals surface area contributed by atoms with Gasteiger partial charge in [-0.15, -0.1) is 0 Å². The maximum atomic E-state index is 11.1. The Kier molecular flexibility index (Phi) is 5.71. The Labute approximate surface area is 95.8 Å². The quantitative estimate of drug-likeness (QED) is 0.592. The molecule has 0 saturated carbocycles.